The highest BCUT2D eigenvalue weighted by molar-refractivity contribution is 5.81. The van der Waals surface area contributed by atoms with Crippen LogP contribution in [0.15, 0.2) is 35.3 Å². The summed E-state index contributed by atoms with van der Waals surface area (Å²) >= 11 is 0. The first-order chi connectivity index (χ1) is 18.4. The number of aliphatic hydroxyl groups is 1. The van der Waals surface area contributed by atoms with Crippen molar-refractivity contribution < 1.29 is 19.4 Å². The number of aryl methyl sites for hydroxylation is 1. The molecule has 0 bridgehead atoms. The van der Waals surface area contributed by atoms with Crippen molar-refractivity contribution in [1.29, 1.82) is 0 Å². The Balaban J connectivity index is 1.39. The predicted octanol–water partition coefficient (Wildman–Crippen LogP) is 3.45. The van der Waals surface area contributed by atoms with Crippen LogP contribution in [0.1, 0.15) is 56.6 Å². The minimum Gasteiger partial charge on any atom is -0.461 e. The minimum absolute atomic E-state index is 0.0448. The third-order valence-corrected chi connectivity index (χ3v) is 7.79. The van der Waals surface area contributed by atoms with Gasteiger partial charge in [0.25, 0.3) is 5.56 Å². The molecular formula is C29H38N4O5. The number of H-pyrrole nitrogens is 1. The molecule has 38 heavy (non-hydrogen) atoms. The van der Waals surface area contributed by atoms with E-state index in [1.54, 1.807) is 20.0 Å². The summed E-state index contributed by atoms with van der Waals surface area (Å²) in [6.07, 6.45) is 6.75. The molecule has 3 heterocycles. The van der Waals surface area contributed by atoms with Crippen LogP contribution in [-0.2, 0) is 27.4 Å². The molecule has 0 radical (unpaired) electrons. The van der Waals surface area contributed by atoms with Crippen LogP contribution in [-0.4, -0.2) is 57.1 Å². The Morgan fingerprint density at radius 2 is 2.00 bits per heavy atom. The van der Waals surface area contributed by atoms with Crippen molar-refractivity contribution in [2.45, 2.75) is 83.7 Å². The van der Waals surface area contributed by atoms with Crippen molar-refractivity contribution in [2.75, 3.05) is 13.2 Å². The lowest BCUT2D eigenvalue weighted by Crippen LogP contribution is -2.46. The van der Waals surface area contributed by atoms with E-state index in [0.717, 1.165) is 86.3 Å². The Bertz CT molecular complexity index is 1320. The van der Waals surface area contributed by atoms with E-state index in [9.17, 15) is 14.7 Å². The van der Waals surface area contributed by atoms with Crippen LogP contribution < -0.4 is 10.9 Å². The molecule has 1 saturated carbocycles. The van der Waals surface area contributed by atoms with Crippen LogP contribution in [0.5, 0.6) is 0 Å². The number of carbonyl (C=O) groups excluding carboxylic acids is 1. The van der Waals surface area contributed by atoms with Crippen LogP contribution in [0.25, 0.3) is 22.4 Å². The van der Waals surface area contributed by atoms with Gasteiger partial charge < -0.3 is 24.1 Å². The van der Waals surface area contributed by atoms with Gasteiger partial charge in [-0.3, -0.25) is 14.9 Å². The van der Waals surface area contributed by atoms with Crippen LogP contribution in [0, 0.1) is 12.8 Å². The summed E-state index contributed by atoms with van der Waals surface area (Å²) in [4.78, 5) is 32.5. The zero-order chi connectivity index (χ0) is 26.6. The van der Waals surface area contributed by atoms with Gasteiger partial charge in [-0.2, -0.15) is 0 Å². The van der Waals surface area contributed by atoms with Gasteiger partial charge in [0.1, 0.15) is 18.0 Å². The number of aromatic amines is 1. The quantitative estimate of drug-likeness (QED) is 0.368. The Morgan fingerprint density at radius 3 is 2.71 bits per heavy atom. The largest absolute Gasteiger partial charge is 0.461 e. The lowest BCUT2D eigenvalue weighted by atomic mass is 10.00. The van der Waals surface area contributed by atoms with Gasteiger partial charge in [0, 0.05) is 43.6 Å². The topological polar surface area (TPSA) is 118 Å². The smallest absolute Gasteiger partial charge is 0.326 e. The van der Waals surface area contributed by atoms with E-state index in [4.69, 9.17) is 14.5 Å². The van der Waals surface area contributed by atoms with Gasteiger partial charge >= 0.3 is 5.97 Å². The molecule has 0 spiro atoms. The molecule has 5 rings (SSSR count). The summed E-state index contributed by atoms with van der Waals surface area (Å²) in [6, 6.07) is 7.20. The molecular weight excluding hydrogens is 484 g/mol. The van der Waals surface area contributed by atoms with E-state index in [1.807, 2.05) is 18.2 Å². The SMILES string of the molecule is Cc1cc(-c2nc3cc(CN[C@H](C(=O)OC4CCCC4)[C@@H](C)O)ccc3n2CC2CCOCC2)c[nH]c1=O. The maximum atomic E-state index is 12.7. The third-order valence-electron chi connectivity index (χ3n) is 7.79. The van der Waals surface area contributed by atoms with Gasteiger partial charge in [-0.25, -0.2) is 4.98 Å². The molecule has 2 fully saturated rings. The zero-order valence-electron chi connectivity index (χ0n) is 22.2. The molecule has 9 heteroatoms. The fraction of sp³-hybridized carbons (Fsp3) is 0.552. The molecule has 3 aromatic rings. The summed E-state index contributed by atoms with van der Waals surface area (Å²) in [5.74, 6) is 0.908. The Labute approximate surface area is 222 Å². The second-order valence-electron chi connectivity index (χ2n) is 10.8. The first kappa shape index (κ1) is 26.6. The average molecular weight is 523 g/mol. The van der Waals surface area contributed by atoms with E-state index < -0.39 is 18.1 Å². The fourth-order valence-electron chi connectivity index (χ4n) is 5.53. The average Bonchev–Trinajstić information content (AvgIpc) is 3.54. The van der Waals surface area contributed by atoms with Gasteiger partial charge in [-0.15, -0.1) is 0 Å². The first-order valence-corrected chi connectivity index (χ1v) is 13.8. The number of imidazole rings is 1. The van der Waals surface area contributed by atoms with Crippen molar-refractivity contribution in [1.82, 2.24) is 19.9 Å². The number of aliphatic hydroxyl groups excluding tert-OH is 1. The third kappa shape index (κ3) is 6.00. The molecule has 1 saturated heterocycles. The van der Waals surface area contributed by atoms with Crippen molar-refractivity contribution in [3.63, 3.8) is 0 Å². The molecule has 2 aromatic heterocycles. The summed E-state index contributed by atoms with van der Waals surface area (Å²) in [5, 5.41) is 13.5. The van der Waals surface area contributed by atoms with E-state index in [2.05, 4.69) is 20.9 Å². The normalized spacial score (nSPS) is 18.6. The van der Waals surface area contributed by atoms with Gasteiger partial charge in [-0.1, -0.05) is 6.07 Å². The number of ether oxygens (including phenoxy) is 2. The molecule has 3 N–H and O–H groups in total. The molecule has 204 valence electrons. The number of esters is 1. The Hall–Kier alpha value is -3.01. The number of pyridine rings is 1. The standard InChI is InChI=1S/C29H38N4O5/c1-18-13-22(16-31-28(18)35)27-32-24-14-21(7-8-25(24)33(27)17-20-9-11-37-12-10-20)15-30-26(19(2)34)29(36)38-23-5-3-4-6-23/h7-8,13-14,16,19-20,23,26,30,34H,3-6,9-12,15,17H2,1-2H3,(H,31,35)/t19-,26+/m1/s1. The van der Waals surface area contributed by atoms with E-state index in [0.29, 0.717) is 18.0 Å². The van der Waals surface area contributed by atoms with Gasteiger partial charge in [0.05, 0.1) is 17.1 Å². The number of nitrogens with one attached hydrogen (secondary N) is 2. The van der Waals surface area contributed by atoms with Crippen molar-refractivity contribution >= 4 is 17.0 Å². The van der Waals surface area contributed by atoms with E-state index in [-0.39, 0.29) is 11.7 Å². The van der Waals surface area contributed by atoms with Gasteiger partial charge in [0.2, 0.25) is 0 Å². The molecule has 0 unspecified atom stereocenters. The molecule has 1 aliphatic carbocycles. The highest BCUT2D eigenvalue weighted by Crippen LogP contribution is 2.29. The fourth-order valence-corrected chi connectivity index (χ4v) is 5.53. The van der Waals surface area contributed by atoms with Gasteiger partial charge in [0.15, 0.2) is 0 Å². The molecule has 1 aliphatic heterocycles. The van der Waals surface area contributed by atoms with E-state index >= 15 is 0 Å². The van der Waals surface area contributed by atoms with Crippen LogP contribution in [0.3, 0.4) is 0 Å². The maximum absolute atomic E-state index is 12.7. The molecule has 0 amide bonds. The van der Waals surface area contributed by atoms with Crippen LogP contribution in [0.2, 0.25) is 0 Å². The Kier molecular flexibility index (Phi) is 8.26. The second-order valence-corrected chi connectivity index (χ2v) is 10.8. The summed E-state index contributed by atoms with van der Waals surface area (Å²) in [5.41, 5.74) is 4.23. The van der Waals surface area contributed by atoms with Crippen molar-refractivity contribution in [3.05, 3.63) is 51.9 Å². The number of fused-ring (bicyclic) bond motifs is 1. The Morgan fingerprint density at radius 1 is 1.24 bits per heavy atom. The summed E-state index contributed by atoms with van der Waals surface area (Å²) < 4.78 is 13.4. The molecule has 9 nitrogen and oxygen atoms in total. The molecule has 1 aromatic carbocycles. The minimum atomic E-state index is -0.874. The highest BCUT2D eigenvalue weighted by atomic mass is 16.5. The number of nitrogens with zero attached hydrogens (tertiary/aromatic N) is 2. The summed E-state index contributed by atoms with van der Waals surface area (Å²) in [6.45, 7) is 6.16. The predicted molar refractivity (Wildman–Crippen MR) is 145 cm³/mol. The number of hydrogen-bond donors (Lipinski definition) is 3. The lowest BCUT2D eigenvalue weighted by Gasteiger charge is -2.23. The van der Waals surface area contributed by atoms with Crippen molar-refractivity contribution in [3.8, 4) is 11.4 Å². The zero-order valence-corrected chi connectivity index (χ0v) is 22.2. The van der Waals surface area contributed by atoms with Crippen LogP contribution in [0.4, 0.5) is 0 Å². The lowest BCUT2D eigenvalue weighted by molar-refractivity contribution is -0.154. The molecule has 2 aliphatic rings. The van der Waals surface area contributed by atoms with Crippen LogP contribution >= 0.6 is 0 Å². The summed E-state index contributed by atoms with van der Waals surface area (Å²) in [7, 11) is 0. The van der Waals surface area contributed by atoms with E-state index in [1.165, 1.54) is 0 Å². The number of aromatic nitrogens is 3. The molecule has 2 atom stereocenters. The van der Waals surface area contributed by atoms with Gasteiger partial charge in [-0.05, 0) is 82.1 Å². The highest BCUT2D eigenvalue weighted by Gasteiger charge is 2.29. The maximum Gasteiger partial charge on any atom is 0.326 e. The monoisotopic (exact) mass is 522 g/mol. The first-order valence-electron chi connectivity index (χ1n) is 13.8. The van der Waals surface area contributed by atoms with Crippen molar-refractivity contribution in [2.24, 2.45) is 5.92 Å². The second kappa shape index (κ2) is 11.8. The number of carbonyl (C=O) groups is 1. The number of benzene rings is 1. The number of hydrogen-bond acceptors (Lipinski definition) is 7. The number of rotatable bonds is 9.